The summed E-state index contributed by atoms with van der Waals surface area (Å²) in [7, 11) is 2.21. The van der Waals surface area contributed by atoms with Crippen LogP contribution in [0.2, 0.25) is 0 Å². The maximum absolute atomic E-state index is 4.54. The highest BCUT2D eigenvalue weighted by atomic mass is 15.3. The Labute approximate surface area is 112 Å². The lowest BCUT2D eigenvalue weighted by Crippen LogP contribution is -2.27. The van der Waals surface area contributed by atoms with Gasteiger partial charge in [0.25, 0.3) is 0 Å². The second-order valence-corrected chi connectivity index (χ2v) is 5.84. The van der Waals surface area contributed by atoms with Crippen LogP contribution in [0.25, 0.3) is 5.65 Å². The summed E-state index contributed by atoms with van der Waals surface area (Å²) in [6.45, 7) is 6.56. The van der Waals surface area contributed by atoms with E-state index in [0.29, 0.717) is 0 Å². The van der Waals surface area contributed by atoms with Gasteiger partial charge >= 0.3 is 0 Å². The minimum absolute atomic E-state index is 0.774. The standard InChI is InChI=1S/C13H18N6/c1-9-15-16-13-12(14-3-4-19(9)13)18-7-10-5-17(2)6-11(10)8-18/h3-4,10-11H,5-8H2,1-2H3. The Morgan fingerprint density at radius 3 is 2.58 bits per heavy atom. The van der Waals surface area contributed by atoms with E-state index in [1.165, 1.54) is 13.1 Å². The Morgan fingerprint density at radius 1 is 1.11 bits per heavy atom. The fourth-order valence-corrected chi connectivity index (χ4v) is 3.55. The first-order chi connectivity index (χ1) is 9.22. The summed E-state index contributed by atoms with van der Waals surface area (Å²) in [6.07, 6.45) is 3.78. The summed E-state index contributed by atoms with van der Waals surface area (Å²) >= 11 is 0. The van der Waals surface area contributed by atoms with Gasteiger partial charge < -0.3 is 9.80 Å². The molecule has 0 amide bonds. The molecule has 2 unspecified atom stereocenters. The van der Waals surface area contributed by atoms with Crippen molar-refractivity contribution in [2.45, 2.75) is 6.92 Å². The normalized spacial score (nSPS) is 27.4. The highest BCUT2D eigenvalue weighted by Crippen LogP contribution is 2.33. The molecule has 2 aromatic heterocycles. The van der Waals surface area contributed by atoms with Crippen LogP contribution in [-0.4, -0.2) is 57.7 Å². The lowest BCUT2D eigenvalue weighted by atomic mass is 10.0. The molecule has 6 heteroatoms. The van der Waals surface area contributed by atoms with Crippen molar-refractivity contribution < 1.29 is 0 Å². The number of likely N-dealkylation sites (tertiary alicyclic amines) is 1. The highest BCUT2D eigenvalue weighted by molar-refractivity contribution is 5.64. The monoisotopic (exact) mass is 258 g/mol. The summed E-state index contributed by atoms with van der Waals surface area (Å²) in [5, 5.41) is 8.42. The van der Waals surface area contributed by atoms with Gasteiger partial charge in [0.1, 0.15) is 5.82 Å². The lowest BCUT2D eigenvalue weighted by molar-refractivity contribution is 0.387. The molecule has 4 heterocycles. The van der Waals surface area contributed by atoms with Crippen LogP contribution in [-0.2, 0) is 0 Å². The minimum atomic E-state index is 0.774. The van der Waals surface area contributed by atoms with Gasteiger partial charge in [-0.2, -0.15) is 0 Å². The molecule has 0 N–H and O–H groups in total. The molecule has 6 nitrogen and oxygen atoms in total. The molecule has 0 radical (unpaired) electrons. The van der Waals surface area contributed by atoms with Gasteiger partial charge in [0.15, 0.2) is 5.82 Å². The summed E-state index contributed by atoms with van der Waals surface area (Å²) in [6, 6.07) is 0. The summed E-state index contributed by atoms with van der Waals surface area (Å²) in [5.41, 5.74) is 0.883. The number of fused-ring (bicyclic) bond motifs is 2. The maximum atomic E-state index is 4.54. The zero-order chi connectivity index (χ0) is 13.0. The quantitative estimate of drug-likeness (QED) is 0.742. The number of nitrogens with zero attached hydrogens (tertiary/aromatic N) is 6. The number of rotatable bonds is 1. The van der Waals surface area contributed by atoms with Crippen LogP contribution in [0.15, 0.2) is 12.4 Å². The molecule has 2 aliphatic rings. The molecule has 0 bridgehead atoms. The molecule has 2 aliphatic heterocycles. The molecule has 0 aliphatic carbocycles. The van der Waals surface area contributed by atoms with Crippen molar-refractivity contribution in [3.8, 4) is 0 Å². The van der Waals surface area contributed by atoms with E-state index in [2.05, 4.69) is 32.0 Å². The van der Waals surface area contributed by atoms with Crippen molar-refractivity contribution >= 4 is 11.5 Å². The van der Waals surface area contributed by atoms with Gasteiger partial charge in [-0.3, -0.25) is 4.40 Å². The molecule has 2 atom stereocenters. The van der Waals surface area contributed by atoms with Gasteiger partial charge in [0, 0.05) is 38.6 Å². The molecule has 2 saturated heterocycles. The van der Waals surface area contributed by atoms with E-state index in [0.717, 1.165) is 42.2 Å². The van der Waals surface area contributed by atoms with E-state index in [9.17, 15) is 0 Å². The molecule has 2 aromatic rings. The second-order valence-electron chi connectivity index (χ2n) is 5.84. The van der Waals surface area contributed by atoms with Gasteiger partial charge in [-0.1, -0.05) is 0 Å². The van der Waals surface area contributed by atoms with Crippen molar-refractivity contribution in [3.63, 3.8) is 0 Å². The van der Waals surface area contributed by atoms with Gasteiger partial charge in [-0.25, -0.2) is 4.98 Å². The van der Waals surface area contributed by atoms with Gasteiger partial charge in [-0.05, 0) is 25.8 Å². The number of hydrogen-bond donors (Lipinski definition) is 0. The van der Waals surface area contributed by atoms with E-state index in [1.807, 2.05) is 23.7 Å². The molecule has 2 fully saturated rings. The number of aryl methyl sites for hydroxylation is 1. The smallest absolute Gasteiger partial charge is 0.203 e. The predicted octanol–water partition coefficient (Wildman–Crippen LogP) is 0.431. The van der Waals surface area contributed by atoms with Crippen molar-refractivity contribution in [1.29, 1.82) is 0 Å². The van der Waals surface area contributed by atoms with E-state index >= 15 is 0 Å². The second kappa shape index (κ2) is 3.90. The Balaban J connectivity index is 1.69. The first-order valence-corrected chi connectivity index (χ1v) is 6.82. The first kappa shape index (κ1) is 11.2. The molecule has 19 heavy (non-hydrogen) atoms. The third-order valence-electron chi connectivity index (χ3n) is 4.45. The molecule has 100 valence electrons. The summed E-state index contributed by atoms with van der Waals surface area (Å²) < 4.78 is 2.02. The van der Waals surface area contributed by atoms with Crippen LogP contribution in [0.3, 0.4) is 0 Å². The topological polar surface area (TPSA) is 49.6 Å². The summed E-state index contributed by atoms with van der Waals surface area (Å²) in [4.78, 5) is 9.35. The molecule has 0 spiro atoms. The van der Waals surface area contributed by atoms with E-state index in [-0.39, 0.29) is 0 Å². The fourth-order valence-electron chi connectivity index (χ4n) is 3.55. The third kappa shape index (κ3) is 1.63. The zero-order valence-electron chi connectivity index (χ0n) is 11.3. The van der Waals surface area contributed by atoms with Crippen molar-refractivity contribution in [2.24, 2.45) is 11.8 Å². The molecule has 0 saturated carbocycles. The van der Waals surface area contributed by atoms with Crippen LogP contribution in [0.5, 0.6) is 0 Å². The fraction of sp³-hybridized carbons (Fsp3) is 0.615. The van der Waals surface area contributed by atoms with E-state index in [1.54, 1.807) is 0 Å². The Kier molecular flexibility index (Phi) is 2.29. The van der Waals surface area contributed by atoms with Gasteiger partial charge in [0.2, 0.25) is 5.65 Å². The average molecular weight is 258 g/mol. The largest absolute Gasteiger partial charge is 0.353 e. The van der Waals surface area contributed by atoms with Gasteiger partial charge in [0.05, 0.1) is 0 Å². The highest BCUT2D eigenvalue weighted by Gasteiger charge is 2.39. The Bertz CT molecular complexity index is 607. The summed E-state index contributed by atoms with van der Waals surface area (Å²) in [5.74, 6) is 3.45. The van der Waals surface area contributed by atoms with Crippen LogP contribution >= 0.6 is 0 Å². The predicted molar refractivity (Wildman–Crippen MR) is 72.2 cm³/mol. The minimum Gasteiger partial charge on any atom is -0.353 e. The van der Waals surface area contributed by atoms with Gasteiger partial charge in [-0.15, -0.1) is 10.2 Å². The molecular weight excluding hydrogens is 240 g/mol. The van der Waals surface area contributed by atoms with Crippen molar-refractivity contribution in [2.75, 3.05) is 38.1 Å². The molecule has 4 rings (SSSR count). The maximum Gasteiger partial charge on any atom is 0.203 e. The number of hydrogen-bond acceptors (Lipinski definition) is 5. The Morgan fingerprint density at radius 2 is 1.84 bits per heavy atom. The third-order valence-corrected chi connectivity index (χ3v) is 4.45. The molecular formula is C13H18N6. The lowest BCUT2D eigenvalue weighted by Gasteiger charge is -2.20. The average Bonchev–Trinajstić information content (AvgIpc) is 3.02. The van der Waals surface area contributed by atoms with E-state index < -0.39 is 0 Å². The SMILES string of the molecule is Cc1nnc2c(N3CC4CN(C)CC4C3)nccn12. The van der Waals surface area contributed by atoms with Crippen molar-refractivity contribution in [3.05, 3.63) is 18.2 Å². The number of aromatic nitrogens is 4. The van der Waals surface area contributed by atoms with Crippen LogP contribution in [0, 0.1) is 18.8 Å². The number of anilines is 1. The van der Waals surface area contributed by atoms with E-state index in [4.69, 9.17) is 0 Å². The van der Waals surface area contributed by atoms with Crippen LogP contribution in [0.1, 0.15) is 5.82 Å². The zero-order valence-corrected chi connectivity index (χ0v) is 11.3. The van der Waals surface area contributed by atoms with Crippen LogP contribution in [0.4, 0.5) is 5.82 Å². The van der Waals surface area contributed by atoms with Crippen LogP contribution < -0.4 is 4.90 Å². The first-order valence-electron chi connectivity index (χ1n) is 6.82. The van der Waals surface area contributed by atoms with Crippen molar-refractivity contribution in [1.82, 2.24) is 24.5 Å². The Hall–Kier alpha value is -1.69. The molecule has 0 aromatic carbocycles.